The summed E-state index contributed by atoms with van der Waals surface area (Å²) in [6, 6.07) is 1.42. The highest BCUT2D eigenvalue weighted by Crippen LogP contribution is 2.45. The van der Waals surface area contributed by atoms with Crippen LogP contribution in [-0.4, -0.2) is 38.6 Å². The zero-order chi connectivity index (χ0) is 23.3. The topological polar surface area (TPSA) is 93.1 Å². The molecule has 2 amide bonds. The second kappa shape index (κ2) is 7.51. The van der Waals surface area contributed by atoms with E-state index in [4.69, 9.17) is 0 Å². The summed E-state index contributed by atoms with van der Waals surface area (Å²) in [5, 5.41) is 4.99. The van der Waals surface area contributed by atoms with Gasteiger partial charge in [-0.05, 0) is 39.3 Å². The summed E-state index contributed by atoms with van der Waals surface area (Å²) in [4.78, 5) is 41.6. The van der Waals surface area contributed by atoms with Gasteiger partial charge in [-0.15, -0.1) is 0 Å². The standard InChI is InChI=1S/C21H23F3N4O3/c1-10-6-13(7-25-17(10)22)26-18(30)14-11(2)15(28(5)12(14)3)16(29)19(31)27-20(4)8-21(23,24)9-20/h6-7H,8-9H2,1-5H3,(H,26,30)(H,27,31). The number of carbonyl (C=O) groups is 3. The first-order valence-electron chi connectivity index (χ1n) is 9.59. The zero-order valence-corrected chi connectivity index (χ0v) is 17.8. The smallest absolute Gasteiger partial charge is 0.294 e. The van der Waals surface area contributed by atoms with Crippen molar-refractivity contribution >= 4 is 23.3 Å². The van der Waals surface area contributed by atoms with Gasteiger partial charge in [-0.25, -0.2) is 13.8 Å². The van der Waals surface area contributed by atoms with Gasteiger partial charge in [0, 0.05) is 36.7 Å². The quantitative estimate of drug-likeness (QED) is 0.428. The van der Waals surface area contributed by atoms with Crippen LogP contribution < -0.4 is 10.6 Å². The summed E-state index contributed by atoms with van der Waals surface area (Å²) in [6.45, 7) is 6.09. The first-order valence-corrected chi connectivity index (χ1v) is 9.59. The Balaban J connectivity index is 1.84. The molecule has 0 spiro atoms. The average molecular weight is 436 g/mol. The van der Waals surface area contributed by atoms with Crippen molar-refractivity contribution in [1.82, 2.24) is 14.9 Å². The van der Waals surface area contributed by atoms with Crippen molar-refractivity contribution in [2.24, 2.45) is 7.05 Å². The molecule has 2 aromatic rings. The van der Waals surface area contributed by atoms with E-state index in [-0.39, 0.29) is 28.1 Å². The number of anilines is 1. The third-order valence-electron chi connectivity index (χ3n) is 5.56. The van der Waals surface area contributed by atoms with E-state index in [1.165, 1.54) is 44.6 Å². The minimum atomic E-state index is -2.86. The van der Waals surface area contributed by atoms with E-state index < -0.39 is 47.8 Å². The van der Waals surface area contributed by atoms with E-state index in [0.29, 0.717) is 5.69 Å². The molecule has 1 aliphatic carbocycles. The summed E-state index contributed by atoms with van der Waals surface area (Å²) in [5.41, 5.74) is 0.244. The number of ketones is 1. The molecule has 0 unspecified atom stereocenters. The number of halogens is 3. The Morgan fingerprint density at radius 1 is 1.16 bits per heavy atom. The van der Waals surface area contributed by atoms with E-state index in [0.717, 1.165) is 0 Å². The van der Waals surface area contributed by atoms with Crippen LogP contribution in [0.3, 0.4) is 0 Å². The van der Waals surface area contributed by atoms with Crippen molar-refractivity contribution < 1.29 is 27.6 Å². The fourth-order valence-electron chi connectivity index (χ4n) is 4.07. The molecule has 0 atom stereocenters. The molecule has 1 saturated carbocycles. The van der Waals surface area contributed by atoms with E-state index in [1.807, 2.05) is 0 Å². The number of amides is 2. The Bertz CT molecular complexity index is 1100. The second-order valence-corrected chi connectivity index (χ2v) is 8.33. The summed E-state index contributed by atoms with van der Waals surface area (Å²) in [5.74, 6) is -5.99. The van der Waals surface area contributed by atoms with Gasteiger partial charge in [0.25, 0.3) is 23.5 Å². The molecule has 10 heteroatoms. The van der Waals surface area contributed by atoms with Crippen LogP contribution in [0, 0.1) is 26.7 Å². The van der Waals surface area contributed by atoms with Gasteiger partial charge in [-0.2, -0.15) is 4.39 Å². The highest BCUT2D eigenvalue weighted by atomic mass is 19.3. The van der Waals surface area contributed by atoms with Crippen LogP contribution in [0.25, 0.3) is 0 Å². The number of pyridine rings is 1. The maximum atomic E-state index is 13.4. The Morgan fingerprint density at radius 2 is 1.77 bits per heavy atom. The molecule has 7 nitrogen and oxygen atoms in total. The van der Waals surface area contributed by atoms with E-state index in [1.54, 1.807) is 6.92 Å². The molecule has 3 rings (SSSR count). The molecule has 1 fully saturated rings. The van der Waals surface area contributed by atoms with Gasteiger partial charge in [0.05, 0.1) is 23.1 Å². The molecular weight excluding hydrogens is 413 g/mol. The number of hydrogen-bond acceptors (Lipinski definition) is 4. The Hall–Kier alpha value is -3.17. The van der Waals surface area contributed by atoms with Crippen molar-refractivity contribution in [3.05, 3.63) is 46.3 Å². The minimum absolute atomic E-state index is 0.0109. The number of Topliss-reactive ketones (excluding diaryl/α,β-unsaturated/α-hetero) is 1. The first kappa shape index (κ1) is 22.5. The van der Waals surface area contributed by atoms with Crippen molar-refractivity contribution in [1.29, 1.82) is 0 Å². The molecular formula is C21H23F3N4O3. The van der Waals surface area contributed by atoms with Crippen LogP contribution in [0.4, 0.5) is 18.9 Å². The molecule has 0 bridgehead atoms. The van der Waals surface area contributed by atoms with Gasteiger partial charge in [0.15, 0.2) is 0 Å². The number of hydrogen-bond donors (Lipinski definition) is 2. The predicted octanol–water partition coefficient (Wildman–Crippen LogP) is 3.22. The lowest BCUT2D eigenvalue weighted by molar-refractivity contribution is -0.140. The van der Waals surface area contributed by atoms with Crippen molar-refractivity contribution in [3.8, 4) is 0 Å². The lowest BCUT2D eigenvalue weighted by Gasteiger charge is -2.45. The number of nitrogens with zero attached hydrogens (tertiary/aromatic N) is 2. The Labute approximate surface area is 177 Å². The summed E-state index contributed by atoms with van der Waals surface area (Å²) < 4.78 is 41.2. The highest BCUT2D eigenvalue weighted by Gasteiger charge is 2.54. The molecule has 31 heavy (non-hydrogen) atoms. The van der Waals surface area contributed by atoms with Crippen LogP contribution >= 0.6 is 0 Å². The van der Waals surface area contributed by atoms with E-state index in [2.05, 4.69) is 15.6 Å². The lowest BCUT2D eigenvalue weighted by atomic mass is 9.75. The van der Waals surface area contributed by atoms with Crippen LogP contribution in [-0.2, 0) is 11.8 Å². The fourth-order valence-corrected chi connectivity index (χ4v) is 4.07. The number of nitrogens with one attached hydrogen (secondary N) is 2. The largest absolute Gasteiger partial charge is 0.344 e. The number of aromatic nitrogens is 2. The van der Waals surface area contributed by atoms with Gasteiger partial charge in [-0.3, -0.25) is 14.4 Å². The molecule has 0 aromatic carbocycles. The van der Waals surface area contributed by atoms with Gasteiger partial charge in [0.2, 0.25) is 5.95 Å². The average Bonchev–Trinajstić information content (AvgIpc) is 2.84. The van der Waals surface area contributed by atoms with Crippen LogP contribution in [0.15, 0.2) is 12.3 Å². The third kappa shape index (κ3) is 4.19. The first-order chi connectivity index (χ1) is 14.2. The molecule has 2 heterocycles. The molecule has 0 aliphatic heterocycles. The van der Waals surface area contributed by atoms with E-state index >= 15 is 0 Å². The molecule has 0 saturated heterocycles. The Kier molecular flexibility index (Phi) is 5.45. The maximum Gasteiger partial charge on any atom is 0.294 e. The molecule has 2 aromatic heterocycles. The van der Waals surface area contributed by atoms with Crippen LogP contribution in [0.2, 0.25) is 0 Å². The monoisotopic (exact) mass is 436 g/mol. The molecule has 1 aliphatic rings. The summed E-state index contributed by atoms with van der Waals surface area (Å²) >= 11 is 0. The SMILES string of the molecule is Cc1cc(NC(=O)c2c(C)c(C(=O)C(=O)NC3(C)CC(F)(F)C3)n(C)c2C)cnc1F. The molecule has 2 N–H and O–H groups in total. The normalized spacial score (nSPS) is 16.4. The van der Waals surface area contributed by atoms with E-state index in [9.17, 15) is 27.6 Å². The van der Waals surface area contributed by atoms with Crippen molar-refractivity contribution in [2.75, 3.05) is 5.32 Å². The molecule has 166 valence electrons. The number of rotatable bonds is 5. The number of carbonyl (C=O) groups excluding carboxylic acids is 3. The summed E-state index contributed by atoms with van der Waals surface area (Å²) in [7, 11) is 1.53. The van der Waals surface area contributed by atoms with Crippen LogP contribution in [0.5, 0.6) is 0 Å². The maximum absolute atomic E-state index is 13.4. The second-order valence-electron chi connectivity index (χ2n) is 8.33. The molecule has 0 radical (unpaired) electrons. The van der Waals surface area contributed by atoms with Crippen molar-refractivity contribution in [3.63, 3.8) is 0 Å². The fraction of sp³-hybridized carbons (Fsp3) is 0.429. The minimum Gasteiger partial charge on any atom is -0.344 e. The number of aryl methyl sites for hydroxylation is 1. The van der Waals surface area contributed by atoms with Gasteiger partial charge in [0.1, 0.15) is 0 Å². The van der Waals surface area contributed by atoms with Gasteiger partial charge in [-0.1, -0.05) is 0 Å². The predicted molar refractivity (Wildman–Crippen MR) is 107 cm³/mol. The zero-order valence-electron chi connectivity index (χ0n) is 17.8. The van der Waals surface area contributed by atoms with Gasteiger partial charge >= 0.3 is 0 Å². The lowest BCUT2D eigenvalue weighted by Crippen LogP contribution is -2.61. The highest BCUT2D eigenvalue weighted by molar-refractivity contribution is 6.43. The Morgan fingerprint density at radius 3 is 2.32 bits per heavy atom. The van der Waals surface area contributed by atoms with Crippen molar-refractivity contribution in [2.45, 2.75) is 52.0 Å². The third-order valence-corrected chi connectivity index (χ3v) is 5.56. The summed E-state index contributed by atoms with van der Waals surface area (Å²) in [6.07, 6.45) is 0.0916. The van der Waals surface area contributed by atoms with Gasteiger partial charge < -0.3 is 15.2 Å². The number of alkyl halides is 2. The van der Waals surface area contributed by atoms with Crippen LogP contribution in [0.1, 0.15) is 57.4 Å².